The van der Waals surface area contributed by atoms with E-state index in [4.69, 9.17) is 14.9 Å². The molecule has 4 rings (SSSR count). The summed E-state index contributed by atoms with van der Waals surface area (Å²) >= 11 is 0. The van der Waals surface area contributed by atoms with Crippen LogP contribution in [0.1, 0.15) is 49.0 Å². The number of fused-ring (bicyclic) bond motifs is 1. The van der Waals surface area contributed by atoms with Gasteiger partial charge in [0.2, 0.25) is 0 Å². The van der Waals surface area contributed by atoms with E-state index in [1.165, 1.54) is 29.1 Å². The molecule has 1 aliphatic heterocycles. The van der Waals surface area contributed by atoms with Crippen LogP contribution in [-0.4, -0.2) is 50.8 Å². The van der Waals surface area contributed by atoms with E-state index in [0.29, 0.717) is 12.2 Å². The van der Waals surface area contributed by atoms with Crippen LogP contribution in [0.25, 0.3) is 5.69 Å². The Hall–Kier alpha value is -4.74. The second-order valence-electron chi connectivity index (χ2n) is 9.68. The Bertz CT molecular complexity index is 1360. The fourth-order valence-corrected chi connectivity index (χ4v) is 4.19. The lowest BCUT2D eigenvalue weighted by Gasteiger charge is -2.23. The van der Waals surface area contributed by atoms with Crippen LogP contribution in [0.2, 0.25) is 0 Å². The maximum absolute atomic E-state index is 12.8. The number of hydrogen-bond acceptors (Lipinski definition) is 8. The Labute approximate surface area is 218 Å². The molecule has 2 heterocycles. The van der Waals surface area contributed by atoms with E-state index in [0.717, 1.165) is 5.56 Å². The minimum atomic E-state index is -0.786. The summed E-state index contributed by atoms with van der Waals surface area (Å²) in [4.78, 5) is 36.1. The van der Waals surface area contributed by atoms with E-state index in [1.807, 2.05) is 18.2 Å². The lowest BCUT2D eigenvalue weighted by Crippen LogP contribution is -2.44. The SMILES string of the molecule is CC(C)(C)OC(=O)NC(=N)C1Oc2ccccc2C1CCNC(=O)c1ccc(-n2cccn2)c([N+](=O)[O-])c1. The molecule has 0 aliphatic carbocycles. The molecular formula is C26H28N6O6. The lowest BCUT2D eigenvalue weighted by molar-refractivity contribution is -0.384. The van der Waals surface area contributed by atoms with E-state index >= 15 is 0 Å². The molecule has 1 aliphatic rings. The monoisotopic (exact) mass is 520 g/mol. The smallest absolute Gasteiger partial charge is 0.413 e. The molecule has 0 saturated carbocycles. The summed E-state index contributed by atoms with van der Waals surface area (Å²) in [6.45, 7) is 5.38. The van der Waals surface area contributed by atoms with Gasteiger partial charge in [0.05, 0.1) is 4.92 Å². The van der Waals surface area contributed by atoms with Gasteiger partial charge in [-0.25, -0.2) is 9.48 Å². The topological polar surface area (TPSA) is 161 Å². The number of nitro benzene ring substituents is 1. The van der Waals surface area contributed by atoms with Crippen LogP contribution in [0.15, 0.2) is 60.9 Å². The maximum Gasteiger partial charge on any atom is 0.413 e. The van der Waals surface area contributed by atoms with Gasteiger partial charge in [0.25, 0.3) is 11.6 Å². The third kappa shape index (κ3) is 5.97. The first-order chi connectivity index (χ1) is 18.0. The van der Waals surface area contributed by atoms with Gasteiger partial charge in [-0.2, -0.15) is 5.10 Å². The van der Waals surface area contributed by atoms with Crippen LogP contribution in [0.3, 0.4) is 0 Å². The quantitative estimate of drug-likeness (QED) is 0.184. The Morgan fingerprint density at radius 3 is 2.66 bits per heavy atom. The van der Waals surface area contributed by atoms with E-state index in [-0.39, 0.29) is 35.2 Å². The number of carbonyl (C=O) groups excluding carboxylic acids is 2. The molecule has 2 atom stereocenters. The molecule has 3 aromatic rings. The predicted octanol–water partition coefficient (Wildman–Crippen LogP) is 3.95. The number of hydrogen-bond donors (Lipinski definition) is 3. The van der Waals surface area contributed by atoms with Gasteiger partial charge in [0, 0.05) is 42.0 Å². The van der Waals surface area contributed by atoms with Crippen molar-refractivity contribution in [3.8, 4) is 11.4 Å². The number of carbonyl (C=O) groups is 2. The fraction of sp³-hybridized carbons (Fsp3) is 0.308. The minimum Gasteiger partial charge on any atom is -0.482 e. The molecular weight excluding hydrogens is 492 g/mol. The van der Waals surface area contributed by atoms with Crippen molar-refractivity contribution in [2.45, 2.75) is 44.8 Å². The number of amides is 2. The first kappa shape index (κ1) is 26.3. The van der Waals surface area contributed by atoms with Crippen LogP contribution >= 0.6 is 0 Å². The van der Waals surface area contributed by atoms with Gasteiger partial charge in [-0.3, -0.25) is 25.6 Å². The van der Waals surface area contributed by atoms with Crippen LogP contribution in [-0.2, 0) is 4.74 Å². The molecule has 12 heteroatoms. The number of amidine groups is 1. The fourth-order valence-electron chi connectivity index (χ4n) is 4.19. The van der Waals surface area contributed by atoms with E-state index in [2.05, 4.69) is 15.7 Å². The Morgan fingerprint density at radius 2 is 1.97 bits per heavy atom. The summed E-state index contributed by atoms with van der Waals surface area (Å²) in [7, 11) is 0. The number of nitrogens with one attached hydrogen (secondary N) is 3. The van der Waals surface area contributed by atoms with Crippen molar-refractivity contribution in [3.63, 3.8) is 0 Å². The molecule has 12 nitrogen and oxygen atoms in total. The van der Waals surface area contributed by atoms with Crippen molar-refractivity contribution >= 4 is 23.5 Å². The zero-order chi connectivity index (χ0) is 27.4. The average Bonchev–Trinajstić information content (AvgIpc) is 3.51. The van der Waals surface area contributed by atoms with Crippen molar-refractivity contribution in [2.75, 3.05) is 6.54 Å². The molecule has 2 unspecified atom stereocenters. The Kier molecular flexibility index (Phi) is 7.42. The molecule has 2 aromatic carbocycles. The molecule has 0 radical (unpaired) electrons. The highest BCUT2D eigenvalue weighted by atomic mass is 16.6. The zero-order valence-corrected chi connectivity index (χ0v) is 21.1. The molecule has 0 spiro atoms. The van der Waals surface area contributed by atoms with Gasteiger partial charge >= 0.3 is 6.09 Å². The van der Waals surface area contributed by atoms with Crippen LogP contribution < -0.4 is 15.4 Å². The lowest BCUT2D eigenvalue weighted by atomic mass is 9.91. The van der Waals surface area contributed by atoms with Crippen LogP contribution in [0.5, 0.6) is 5.75 Å². The highest BCUT2D eigenvalue weighted by Gasteiger charge is 2.38. The molecule has 3 N–H and O–H groups in total. The molecule has 38 heavy (non-hydrogen) atoms. The summed E-state index contributed by atoms with van der Waals surface area (Å²) in [6, 6.07) is 13.1. The second kappa shape index (κ2) is 10.7. The molecule has 0 saturated heterocycles. The number of rotatable bonds is 7. The largest absolute Gasteiger partial charge is 0.482 e. The maximum atomic E-state index is 12.8. The van der Waals surface area contributed by atoms with E-state index in [1.54, 1.807) is 39.1 Å². The van der Waals surface area contributed by atoms with E-state index in [9.17, 15) is 19.7 Å². The van der Waals surface area contributed by atoms with Gasteiger partial charge in [0.15, 0.2) is 6.10 Å². The number of para-hydroxylation sites is 1. The Balaban J connectivity index is 1.44. The number of aromatic nitrogens is 2. The highest BCUT2D eigenvalue weighted by Crippen LogP contribution is 2.40. The van der Waals surface area contributed by atoms with Crippen LogP contribution in [0, 0.1) is 15.5 Å². The number of nitro groups is 1. The summed E-state index contributed by atoms with van der Waals surface area (Å²) in [6.07, 6.45) is 1.93. The molecule has 1 aromatic heterocycles. The molecule has 0 fully saturated rings. The van der Waals surface area contributed by atoms with Crippen LogP contribution in [0.4, 0.5) is 10.5 Å². The first-order valence-electron chi connectivity index (χ1n) is 11.9. The zero-order valence-electron chi connectivity index (χ0n) is 21.1. The highest BCUT2D eigenvalue weighted by molar-refractivity contribution is 5.97. The second-order valence-corrected chi connectivity index (χ2v) is 9.68. The molecule has 2 amide bonds. The van der Waals surface area contributed by atoms with Crippen molar-refractivity contribution < 1.29 is 24.0 Å². The van der Waals surface area contributed by atoms with Gasteiger partial charge in [-0.15, -0.1) is 0 Å². The standard InChI is InChI=1S/C26H28N6O6/c1-26(2,3)38-25(34)30-23(27)22-18(17-7-4-5-8-21(17)37-22)11-13-28-24(33)16-9-10-19(20(15-16)32(35)36)31-14-6-12-29-31/h4-10,12,14-15,18,22H,11,13H2,1-3H3,(H,28,33)(H2,27,30,34). The number of ether oxygens (including phenoxy) is 2. The van der Waals surface area contributed by atoms with Gasteiger partial charge in [0.1, 0.15) is 22.9 Å². The van der Waals surface area contributed by atoms with Crippen molar-refractivity contribution in [2.24, 2.45) is 0 Å². The third-order valence-electron chi connectivity index (χ3n) is 5.78. The minimum absolute atomic E-state index is 0.131. The van der Waals surface area contributed by atoms with E-state index < -0.39 is 28.6 Å². The number of nitrogens with zero attached hydrogens (tertiary/aromatic N) is 3. The normalized spacial score (nSPS) is 16.2. The van der Waals surface area contributed by atoms with Gasteiger partial charge in [-0.05, 0) is 51.5 Å². The number of alkyl carbamates (subject to hydrolysis) is 1. The summed E-state index contributed by atoms with van der Waals surface area (Å²) < 4.78 is 12.6. The number of benzene rings is 2. The molecule has 198 valence electrons. The summed E-state index contributed by atoms with van der Waals surface area (Å²) in [5.41, 5.74) is 0.253. The summed E-state index contributed by atoms with van der Waals surface area (Å²) in [5, 5.41) is 29.3. The van der Waals surface area contributed by atoms with Gasteiger partial charge in [-0.1, -0.05) is 18.2 Å². The van der Waals surface area contributed by atoms with Crippen molar-refractivity contribution in [1.29, 1.82) is 5.41 Å². The van der Waals surface area contributed by atoms with Crippen molar-refractivity contribution in [1.82, 2.24) is 20.4 Å². The van der Waals surface area contributed by atoms with Gasteiger partial charge < -0.3 is 14.8 Å². The average molecular weight is 521 g/mol. The van der Waals surface area contributed by atoms with Crippen molar-refractivity contribution in [3.05, 3.63) is 82.2 Å². The third-order valence-corrected chi connectivity index (χ3v) is 5.78. The predicted molar refractivity (Wildman–Crippen MR) is 138 cm³/mol. The molecule has 0 bridgehead atoms. The summed E-state index contributed by atoms with van der Waals surface area (Å²) in [5.74, 6) is -0.373. The Morgan fingerprint density at radius 1 is 1.21 bits per heavy atom. The first-order valence-corrected chi connectivity index (χ1v) is 11.9.